The zero-order valence-corrected chi connectivity index (χ0v) is 20.0. The van der Waals surface area contributed by atoms with E-state index in [2.05, 4.69) is 5.32 Å². The quantitative estimate of drug-likeness (QED) is 0.376. The number of methoxy groups -OCH3 is 1. The Labute approximate surface area is 200 Å². The predicted octanol–water partition coefficient (Wildman–Crippen LogP) is 6.23. The molecular weight excluding hydrogens is 473 g/mol. The second kappa shape index (κ2) is 10.7. The standard InChI is InChI=1S/C23H21Cl2NO5S/c1-4-30-16-8-5-14(6-9-16)20-13(2)32-22(21(20)23(28)29-3)26-19(27)12-31-18-11-15(24)7-10-17(18)25/h5-11H,4,12H2,1-3H3,(H,26,27). The van der Waals surface area contributed by atoms with Gasteiger partial charge in [-0.15, -0.1) is 11.3 Å². The molecule has 3 aromatic rings. The minimum atomic E-state index is -0.549. The van der Waals surface area contributed by atoms with Crippen molar-refractivity contribution >= 4 is 51.4 Å². The Bertz CT molecular complexity index is 1130. The number of carbonyl (C=O) groups excluding carboxylic acids is 2. The SMILES string of the molecule is CCOc1ccc(-c2c(C)sc(NC(=O)COc3cc(Cl)ccc3Cl)c2C(=O)OC)cc1. The molecule has 0 saturated heterocycles. The number of aryl methyl sites for hydroxylation is 1. The van der Waals surface area contributed by atoms with Crippen molar-refractivity contribution in [2.75, 3.05) is 25.6 Å². The predicted molar refractivity (Wildman–Crippen MR) is 128 cm³/mol. The summed E-state index contributed by atoms with van der Waals surface area (Å²) >= 11 is 13.3. The van der Waals surface area contributed by atoms with Gasteiger partial charge in [0.05, 0.1) is 18.7 Å². The fourth-order valence-corrected chi connectivity index (χ4v) is 4.47. The Morgan fingerprint density at radius 1 is 1.06 bits per heavy atom. The van der Waals surface area contributed by atoms with Gasteiger partial charge in [-0.25, -0.2) is 4.79 Å². The molecule has 0 spiro atoms. The molecule has 1 N–H and O–H groups in total. The Morgan fingerprint density at radius 2 is 1.78 bits per heavy atom. The van der Waals surface area contributed by atoms with E-state index in [1.807, 2.05) is 38.1 Å². The third-order valence-corrected chi connectivity index (χ3v) is 6.00. The average Bonchev–Trinajstić information content (AvgIpc) is 3.10. The highest BCUT2D eigenvalue weighted by atomic mass is 35.5. The van der Waals surface area contributed by atoms with Crippen molar-refractivity contribution in [1.29, 1.82) is 0 Å². The summed E-state index contributed by atoms with van der Waals surface area (Å²) in [5, 5.41) is 3.90. The van der Waals surface area contributed by atoms with Gasteiger partial charge in [0.1, 0.15) is 22.1 Å². The molecule has 0 aliphatic rings. The van der Waals surface area contributed by atoms with Crippen LogP contribution in [-0.2, 0) is 9.53 Å². The van der Waals surface area contributed by atoms with Crippen LogP contribution in [0.3, 0.4) is 0 Å². The van der Waals surface area contributed by atoms with E-state index in [0.29, 0.717) is 33.0 Å². The third kappa shape index (κ3) is 5.54. The fraction of sp³-hybridized carbons (Fsp3) is 0.217. The average molecular weight is 494 g/mol. The molecule has 9 heteroatoms. The molecule has 1 amide bonds. The van der Waals surface area contributed by atoms with Crippen molar-refractivity contribution in [2.45, 2.75) is 13.8 Å². The monoisotopic (exact) mass is 493 g/mol. The molecule has 0 saturated carbocycles. The maximum absolute atomic E-state index is 12.6. The van der Waals surface area contributed by atoms with Crippen LogP contribution in [0.1, 0.15) is 22.2 Å². The summed E-state index contributed by atoms with van der Waals surface area (Å²) in [6.07, 6.45) is 0. The van der Waals surface area contributed by atoms with E-state index in [4.69, 9.17) is 37.4 Å². The van der Waals surface area contributed by atoms with Crippen LogP contribution in [0.4, 0.5) is 5.00 Å². The first-order valence-corrected chi connectivity index (χ1v) is 11.2. The number of hydrogen-bond donors (Lipinski definition) is 1. The van der Waals surface area contributed by atoms with Gasteiger partial charge < -0.3 is 19.5 Å². The lowest BCUT2D eigenvalue weighted by Crippen LogP contribution is -2.21. The number of amides is 1. The largest absolute Gasteiger partial charge is 0.494 e. The van der Waals surface area contributed by atoms with Crippen molar-refractivity contribution in [3.05, 3.63) is 63.0 Å². The summed E-state index contributed by atoms with van der Waals surface area (Å²) in [7, 11) is 1.30. The van der Waals surface area contributed by atoms with Gasteiger partial charge >= 0.3 is 5.97 Å². The number of rotatable bonds is 8. The summed E-state index contributed by atoms with van der Waals surface area (Å²) in [5.74, 6) is 0.0204. The van der Waals surface area contributed by atoms with Crippen LogP contribution >= 0.6 is 34.5 Å². The molecule has 0 radical (unpaired) electrons. The minimum Gasteiger partial charge on any atom is -0.494 e. The van der Waals surface area contributed by atoms with E-state index < -0.39 is 11.9 Å². The summed E-state index contributed by atoms with van der Waals surface area (Å²) in [4.78, 5) is 26.0. The van der Waals surface area contributed by atoms with E-state index in [-0.39, 0.29) is 12.2 Å². The van der Waals surface area contributed by atoms with Crippen LogP contribution < -0.4 is 14.8 Å². The van der Waals surface area contributed by atoms with Crippen molar-refractivity contribution in [1.82, 2.24) is 0 Å². The molecule has 0 bridgehead atoms. The number of halogens is 2. The van der Waals surface area contributed by atoms with Crippen molar-refractivity contribution < 1.29 is 23.8 Å². The van der Waals surface area contributed by atoms with Crippen LogP contribution in [0.5, 0.6) is 11.5 Å². The molecule has 0 unspecified atom stereocenters. The summed E-state index contributed by atoms with van der Waals surface area (Å²) in [5.41, 5.74) is 1.79. The van der Waals surface area contributed by atoms with E-state index in [0.717, 1.165) is 16.2 Å². The van der Waals surface area contributed by atoms with Gasteiger partial charge in [0, 0.05) is 21.5 Å². The second-order valence-electron chi connectivity index (χ2n) is 6.60. The number of hydrogen-bond acceptors (Lipinski definition) is 6. The van der Waals surface area contributed by atoms with Crippen LogP contribution in [0.2, 0.25) is 10.0 Å². The molecule has 1 aromatic heterocycles. The highest BCUT2D eigenvalue weighted by molar-refractivity contribution is 7.17. The molecule has 0 aliphatic carbocycles. The molecular formula is C23H21Cl2NO5S. The number of benzene rings is 2. The Kier molecular flexibility index (Phi) is 8.01. The lowest BCUT2D eigenvalue weighted by molar-refractivity contribution is -0.118. The van der Waals surface area contributed by atoms with E-state index in [1.54, 1.807) is 12.1 Å². The molecule has 0 atom stereocenters. The maximum atomic E-state index is 12.6. The lowest BCUT2D eigenvalue weighted by atomic mass is 10.0. The first kappa shape index (κ1) is 23.9. The Morgan fingerprint density at radius 3 is 2.44 bits per heavy atom. The van der Waals surface area contributed by atoms with E-state index in [1.165, 1.54) is 24.5 Å². The lowest BCUT2D eigenvalue weighted by Gasteiger charge is -2.10. The molecule has 168 valence electrons. The fourth-order valence-electron chi connectivity index (χ4n) is 3.06. The minimum absolute atomic E-state index is 0.285. The first-order chi connectivity index (χ1) is 15.3. The van der Waals surface area contributed by atoms with Gasteiger partial charge in [0.15, 0.2) is 6.61 Å². The highest BCUT2D eigenvalue weighted by Gasteiger charge is 2.25. The number of anilines is 1. The molecule has 3 rings (SSSR count). The topological polar surface area (TPSA) is 73.9 Å². The number of esters is 1. The van der Waals surface area contributed by atoms with E-state index in [9.17, 15) is 9.59 Å². The van der Waals surface area contributed by atoms with Gasteiger partial charge in [0.25, 0.3) is 5.91 Å². The zero-order chi connectivity index (χ0) is 23.3. The molecule has 1 heterocycles. The maximum Gasteiger partial charge on any atom is 0.341 e. The van der Waals surface area contributed by atoms with Gasteiger partial charge in [-0.05, 0) is 43.7 Å². The van der Waals surface area contributed by atoms with Crippen LogP contribution in [0, 0.1) is 6.92 Å². The molecule has 2 aromatic carbocycles. The Hall–Kier alpha value is -2.74. The van der Waals surface area contributed by atoms with E-state index >= 15 is 0 Å². The van der Waals surface area contributed by atoms with Crippen molar-refractivity contribution in [2.24, 2.45) is 0 Å². The van der Waals surface area contributed by atoms with Crippen LogP contribution in [-0.4, -0.2) is 32.2 Å². The third-order valence-electron chi connectivity index (χ3n) is 4.43. The van der Waals surface area contributed by atoms with Gasteiger partial charge in [-0.1, -0.05) is 35.3 Å². The number of nitrogens with one attached hydrogen (secondary N) is 1. The normalized spacial score (nSPS) is 10.5. The Balaban J connectivity index is 1.84. The van der Waals surface area contributed by atoms with Crippen molar-refractivity contribution in [3.63, 3.8) is 0 Å². The zero-order valence-electron chi connectivity index (χ0n) is 17.7. The summed E-state index contributed by atoms with van der Waals surface area (Å²) in [6.45, 7) is 4.03. The number of carbonyl (C=O) groups is 2. The van der Waals surface area contributed by atoms with Gasteiger partial charge in [0.2, 0.25) is 0 Å². The molecule has 0 aliphatic heterocycles. The summed E-state index contributed by atoms with van der Waals surface area (Å²) < 4.78 is 16.0. The molecule has 32 heavy (non-hydrogen) atoms. The number of ether oxygens (including phenoxy) is 3. The highest BCUT2D eigenvalue weighted by Crippen LogP contribution is 2.40. The molecule has 0 fully saturated rings. The molecule has 6 nitrogen and oxygen atoms in total. The smallest absolute Gasteiger partial charge is 0.341 e. The van der Waals surface area contributed by atoms with Gasteiger partial charge in [-0.2, -0.15) is 0 Å². The number of thiophene rings is 1. The second-order valence-corrected chi connectivity index (χ2v) is 8.67. The van der Waals surface area contributed by atoms with Gasteiger partial charge in [-0.3, -0.25) is 4.79 Å². The first-order valence-electron chi connectivity index (χ1n) is 9.66. The summed E-state index contributed by atoms with van der Waals surface area (Å²) in [6, 6.07) is 12.1. The van der Waals surface area contributed by atoms with Crippen molar-refractivity contribution in [3.8, 4) is 22.6 Å². The van der Waals surface area contributed by atoms with Crippen LogP contribution in [0.25, 0.3) is 11.1 Å². The van der Waals surface area contributed by atoms with Crippen LogP contribution in [0.15, 0.2) is 42.5 Å².